The molecule has 0 aromatic rings. The standard InChI is InChI=1S/C12H21N3/c1-3-10(7-9-13)15-12(2)8-5-4-6-11(12)14/h7,11,15H,3-6,8,14H2,1-2H3/b10-7+. The van der Waals surface area contributed by atoms with Crippen molar-refractivity contribution in [2.45, 2.75) is 57.5 Å². The zero-order chi connectivity index (χ0) is 11.3. The van der Waals surface area contributed by atoms with Crippen molar-refractivity contribution in [3.8, 4) is 6.07 Å². The second-order valence-corrected chi connectivity index (χ2v) is 4.55. The summed E-state index contributed by atoms with van der Waals surface area (Å²) in [5.74, 6) is 0. The molecule has 0 aliphatic heterocycles. The summed E-state index contributed by atoms with van der Waals surface area (Å²) in [6, 6.07) is 2.27. The molecule has 0 aromatic heterocycles. The average molecular weight is 207 g/mol. The van der Waals surface area contributed by atoms with Crippen LogP contribution >= 0.6 is 0 Å². The van der Waals surface area contributed by atoms with Crippen LogP contribution in [0.1, 0.15) is 46.0 Å². The largest absolute Gasteiger partial charge is 0.381 e. The Bertz CT molecular complexity index is 277. The smallest absolute Gasteiger partial charge is 0.0930 e. The van der Waals surface area contributed by atoms with Crippen LogP contribution < -0.4 is 11.1 Å². The number of nitrogens with two attached hydrogens (primary N) is 1. The second-order valence-electron chi connectivity index (χ2n) is 4.55. The highest BCUT2D eigenvalue weighted by molar-refractivity contribution is 5.15. The molecular formula is C12H21N3. The highest BCUT2D eigenvalue weighted by atomic mass is 15.0. The van der Waals surface area contributed by atoms with E-state index < -0.39 is 0 Å². The molecule has 2 unspecified atom stereocenters. The zero-order valence-electron chi connectivity index (χ0n) is 9.71. The zero-order valence-corrected chi connectivity index (χ0v) is 9.71. The van der Waals surface area contributed by atoms with Gasteiger partial charge in [0.1, 0.15) is 0 Å². The molecule has 1 fully saturated rings. The fraction of sp³-hybridized carbons (Fsp3) is 0.750. The van der Waals surface area contributed by atoms with Gasteiger partial charge in [-0.25, -0.2) is 0 Å². The third kappa shape index (κ3) is 2.97. The van der Waals surface area contributed by atoms with Crippen LogP contribution in [0.5, 0.6) is 0 Å². The van der Waals surface area contributed by atoms with Crippen LogP contribution in [0.2, 0.25) is 0 Å². The summed E-state index contributed by atoms with van der Waals surface area (Å²) in [5.41, 5.74) is 7.11. The van der Waals surface area contributed by atoms with Gasteiger partial charge in [0.25, 0.3) is 0 Å². The van der Waals surface area contributed by atoms with E-state index in [0.717, 1.165) is 25.0 Å². The molecular weight excluding hydrogens is 186 g/mol. The monoisotopic (exact) mass is 207 g/mol. The average Bonchev–Trinajstić information content (AvgIpc) is 2.22. The first kappa shape index (κ1) is 12.1. The van der Waals surface area contributed by atoms with E-state index in [1.54, 1.807) is 6.08 Å². The van der Waals surface area contributed by atoms with Gasteiger partial charge in [0.15, 0.2) is 0 Å². The van der Waals surface area contributed by atoms with Gasteiger partial charge in [-0.05, 0) is 26.2 Å². The topological polar surface area (TPSA) is 61.8 Å². The number of allylic oxidation sites excluding steroid dienone is 2. The molecule has 3 heteroatoms. The lowest BCUT2D eigenvalue weighted by Gasteiger charge is -2.41. The maximum atomic E-state index is 8.65. The second kappa shape index (κ2) is 5.18. The predicted molar refractivity (Wildman–Crippen MR) is 62.0 cm³/mol. The number of nitrogens with zero attached hydrogens (tertiary/aromatic N) is 1. The molecule has 1 saturated carbocycles. The lowest BCUT2D eigenvalue weighted by molar-refractivity contribution is 0.232. The van der Waals surface area contributed by atoms with E-state index in [-0.39, 0.29) is 11.6 Å². The Balaban J connectivity index is 2.69. The van der Waals surface area contributed by atoms with Gasteiger partial charge in [-0.3, -0.25) is 0 Å². The lowest BCUT2D eigenvalue weighted by atomic mass is 9.79. The summed E-state index contributed by atoms with van der Waals surface area (Å²) in [6.07, 6.45) is 7.06. The van der Waals surface area contributed by atoms with Crippen LogP contribution in [-0.2, 0) is 0 Å². The molecule has 0 amide bonds. The van der Waals surface area contributed by atoms with Crippen LogP contribution in [0.15, 0.2) is 11.8 Å². The van der Waals surface area contributed by atoms with Crippen LogP contribution in [0.25, 0.3) is 0 Å². The van der Waals surface area contributed by atoms with Gasteiger partial charge >= 0.3 is 0 Å². The van der Waals surface area contributed by atoms with Crippen LogP contribution in [0.4, 0.5) is 0 Å². The Labute approximate surface area is 92.3 Å². The number of hydrogen-bond acceptors (Lipinski definition) is 3. The van der Waals surface area contributed by atoms with Crippen LogP contribution in [-0.4, -0.2) is 11.6 Å². The molecule has 0 radical (unpaired) electrons. The minimum absolute atomic E-state index is 0.0308. The molecule has 84 valence electrons. The van der Waals surface area contributed by atoms with Gasteiger partial charge < -0.3 is 11.1 Å². The molecule has 3 nitrogen and oxygen atoms in total. The Morgan fingerprint density at radius 1 is 1.67 bits per heavy atom. The van der Waals surface area contributed by atoms with E-state index >= 15 is 0 Å². The summed E-state index contributed by atoms with van der Waals surface area (Å²) < 4.78 is 0. The summed E-state index contributed by atoms with van der Waals surface area (Å²) >= 11 is 0. The summed E-state index contributed by atoms with van der Waals surface area (Å²) in [7, 11) is 0. The maximum absolute atomic E-state index is 8.65. The summed E-state index contributed by atoms with van der Waals surface area (Å²) in [5, 5.41) is 12.1. The Morgan fingerprint density at radius 2 is 2.40 bits per heavy atom. The third-order valence-electron chi connectivity index (χ3n) is 3.35. The van der Waals surface area contributed by atoms with Crippen molar-refractivity contribution in [1.82, 2.24) is 5.32 Å². The van der Waals surface area contributed by atoms with Crippen molar-refractivity contribution in [2.24, 2.45) is 5.73 Å². The molecule has 1 aliphatic rings. The first-order valence-corrected chi connectivity index (χ1v) is 5.75. The van der Waals surface area contributed by atoms with Crippen molar-refractivity contribution < 1.29 is 0 Å². The predicted octanol–water partition coefficient (Wildman–Crippen LogP) is 2.05. The van der Waals surface area contributed by atoms with Crippen LogP contribution in [0.3, 0.4) is 0 Å². The molecule has 3 N–H and O–H groups in total. The first-order chi connectivity index (χ1) is 7.12. The highest BCUT2D eigenvalue weighted by Gasteiger charge is 2.34. The molecule has 0 spiro atoms. The van der Waals surface area contributed by atoms with Crippen molar-refractivity contribution in [1.29, 1.82) is 5.26 Å². The van der Waals surface area contributed by atoms with E-state index in [0.29, 0.717) is 0 Å². The summed E-state index contributed by atoms with van der Waals surface area (Å²) in [4.78, 5) is 0. The minimum Gasteiger partial charge on any atom is -0.381 e. The van der Waals surface area contributed by atoms with Crippen molar-refractivity contribution >= 4 is 0 Å². The van der Waals surface area contributed by atoms with Gasteiger partial charge in [0, 0.05) is 23.4 Å². The minimum atomic E-state index is -0.0308. The Morgan fingerprint density at radius 3 is 2.93 bits per heavy atom. The number of rotatable bonds is 3. The number of nitriles is 1. The van der Waals surface area contributed by atoms with Gasteiger partial charge in [-0.1, -0.05) is 19.8 Å². The van der Waals surface area contributed by atoms with Crippen LogP contribution in [0, 0.1) is 11.3 Å². The molecule has 1 aliphatic carbocycles. The molecule has 0 saturated heterocycles. The lowest BCUT2D eigenvalue weighted by Crippen LogP contribution is -2.57. The van der Waals surface area contributed by atoms with E-state index in [2.05, 4.69) is 18.3 Å². The molecule has 15 heavy (non-hydrogen) atoms. The first-order valence-electron chi connectivity index (χ1n) is 5.75. The van der Waals surface area contributed by atoms with E-state index in [9.17, 15) is 0 Å². The van der Waals surface area contributed by atoms with E-state index in [4.69, 9.17) is 11.0 Å². The van der Waals surface area contributed by atoms with Gasteiger partial charge in [-0.15, -0.1) is 0 Å². The Hall–Kier alpha value is -1.01. The maximum Gasteiger partial charge on any atom is 0.0930 e. The summed E-state index contributed by atoms with van der Waals surface area (Å²) in [6.45, 7) is 4.21. The fourth-order valence-corrected chi connectivity index (χ4v) is 2.19. The van der Waals surface area contributed by atoms with E-state index in [1.807, 2.05) is 6.92 Å². The normalized spacial score (nSPS) is 32.1. The quantitative estimate of drug-likeness (QED) is 0.696. The molecule has 1 rings (SSSR count). The van der Waals surface area contributed by atoms with Crippen molar-refractivity contribution in [2.75, 3.05) is 0 Å². The SMILES string of the molecule is CC/C(=C\C#N)NC1(C)CCCCC1N. The Kier molecular flexibility index (Phi) is 4.16. The van der Waals surface area contributed by atoms with Crippen molar-refractivity contribution in [3.63, 3.8) is 0 Å². The number of nitrogens with one attached hydrogen (secondary N) is 1. The number of hydrogen-bond donors (Lipinski definition) is 2. The van der Waals surface area contributed by atoms with E-state index in [1.165, 1.54) is 12.8 Å². The van der Waals surface area contributed by atoms with Gasteiger partial charge in [0.05, 0.1) is 6.07 Å². The molecule has 0 bridgehead atoms. The highest BCUT2D eigenvalue weighted by Crippen LogP contribution is 2.28. The third-order valence-corrected chi connectivity index (χ3v) is 3.35. The molecule has 2 atom stereocenters. The fourth-order valence-electron chi connectivity index (χ4n) is 2.19. The van der Waals surface area contributed by atoms with Gasteiger partial charge in [-0.2, -0.15) is 5.26 Å². The van der Waals surface area contributed by atoms with Crippen molar-refractivity contribution in [3.05, 3.63) is 11.8 Å². The molecule has 0 heterocycles. The van der Waals surface area contributed by atoms with Gasteiger partial charge in [0.2, 0.25) is 0 Å². The molecule has 0 aromatic carbocycles.